The molecule has 0 saturated heterocycles. The second kappa shape index (κ2) is 9.25. The third-order valence-corrected chi connectivity index (χ3v) is 3.93. The number of amides is 1. The Balaban J connectivity index is 1.68. The molecule has 2 rings (SSSR count). The third-order valence-electron chi connectivity index (χ3n) is 3.09. The number of nitrogens with zero attached hydrogens (tertiary/aromatic N) is 1. The SMILES string of the molecule is O=C(CO/N=C\c1cccc(Cl)c1Cl)NCCc1ccc(F)cc1. The maximum atomic E-state index is 12.8. The van der Waals surface area contributed by atoms with E-state index in [1.807, 2.05) is 0 Å². The molecule has 1 N–H and O–H groups in total. The molecule has 0 aromatic heterocycles. The van der Waals surface area contributed by atoms with E-state index < -0.39 is 0 Å². The van der Waals surface area contributed by atoms with Crippen molar-refractivity contribution >= 4 is 35.3 Å². The van der Waals surface area contributed by atoms with E-state index in [1.54, 1.807) is 30.3 Å². The van der Waals surface area contributed by atoms with Crippen LogP contribution in [0.2, 0.25) is 10.0 Å². The fourth-order valence-electron chi connectivity index (χ4n) is 1.86. The first-order chi connectivity index (χ1) is 11.6. The summed E-state index contributed by atoms with van der Waals surface area (Å²) < 4.78 is 12.8. The second-order valence-electron chi connectivity index (χ2n) is 4.88. The van der Waals surface area contributed by atoms with Crippen molar-refractivity contribution in [3.05, 3.63) is 69.5 Å². The minimum Gasteiger partial charge on any atom is -0.386 e. The first-order valence-electron chi connectivity index (χ1n) is 7.17. The molecular weight excluding hydrogens is 354 g/mol. The van der Waals surface area contributed by atoms with Gasteiger partial charge in [-0.25, -0.2) is 4.39 Å². The quantitative estimate of drug-likeness (QED) is 0.596. The summed E-state index contributed by atoms with van der Waals surface area (Å²) in [6.07, 6.45) is 1.99. The van der Waals surface area contributed by atoms with E-state index in [2.05, 4.69) is 10.5 Å². The summed E-state index contributed by atoms with van der Waals surface area (Å²) in [5, 5.41) is 7.16. The number of nitrogens with one attached hydrogen (secondary N) is 1. The molecule has 0 aliphatic heterocycles. The highest BCUT2D eigenvalue weighted by Crippen LogP contribution is 2.24. The molecule has 0 fully saturated rings. The van der Waals surface area contributed by atoms with Gasteiger partial charge in [-0.1, -0.05) is 52.6 Å². The molecule has 0 saturated carbocycles. The summed E-state index contributed by atoms with van der Waals surface area (Å²) in [5.74, 6) is -0.583. The predicted molar refractivity (Wildman–Crippen MR) is 93.1 cm³/mol. The molecule has 24 heavy (non-hydrogen) atoms. The summed E-state index contributed by atoms with van der Waals surface area (Å²) in [6.45, 7) is 0.218. The zero-order valence-corrected chi connectivity index (χ0v) is 14.1. The summed E-state index contributed by atoms with van der Waals surface area (Å²) >= 11 is 11.9. The highest BCUT2D eigenvalue weighted by Gasteiger charge is 2.03. The molecule has 0 atom stereocenters. The van der Waals surface area contributed by atoms with Gasteiger partial charge < -0.3 is 10.2 Å². The van der Waals surface area contributed by atoms with Crippen molar-refractivity contribution in [1.29, 1.82) is 0 Å². The van der Waals surface area contributed by atoms with Crippen molar-refractivity contribution in [3.63, 3.8) is 0 Å². The molecule has 0 spiro atoms. The molecular formula is C17H15Cl2FN2O2. The predicted octanol–water partition coefficient (Wildman–Crippen LogP) is 3.84. The summed E-state index contributed by atoms with van der Waals surface area (Å²) in [6, 6.07) is 11.2. The zero-order valence-electron chi connectivity index (χ0n) is 12.6. The molecule has 0 aliphatic rings. The number of hydrogen-bond donors (Lipinski definition) is 1. The number of halogens is 3. The summed E-state index contributed by atoms with van der Waals surface area (Å²) in [7, 11) is 0. The molecule has 4 nitrogen and oxygen atoms in total. The standard InChI is InChI=1S/C17H15Cl2FN2O2/c18-15-3-1-2-13(17(15)19)10-22-24-11-16(23)21-9-8-12-4-6-14(20)7-5-12/h1-7,10H,8-9,11H2,(H,21,23)/b22-10-. The fourth-order valence-corrected chi connectivity index (χ4v) is 2.22. The van der Waals surface area contributed by atoms with Crippen LogP contribution in [0.5, 0.6) is 0 Å². The number of benzene rings is 2. The lowest BCUT2D eigenvalue weighted by molar-refractivity contribution is -0.125. The minimum absolute atomic E-state index is 0.210. The van der Waals surface area contributed by atoms with Crippen LogP contribution in [-0.4, -0.2) is 25.3 Å². The van der Waals surface area contributed by atoms with Gasteiger partial charge in [-0.05, 0) is 30.2 Å². The highest BCUT2D eigenvalue weighted by molar-refractivity contribution is 6.43. The molecule has 0 aliphatic carbocycles. The van der Waals surface area contributed by atoms with Crippen molar-refractivity contribution in [1.82, 2.24) is 5.32 Å². The van der Waals surface area contributed by atoms with Crippen LogP contribution in [0.25, 0.3) is 0 Å². The summed E-state index contributed by atoms with van der Waals surface area (Å²) in [5.41, 5.74) is 1.53. The van der Waals surface area contributed by atoms with Crippen LogP contribution in [-0.2, 0) is 16.1 Å². The van der Waals surface area contributed by atoms with E-state index in [-0.39, 0.29) is 18.3 Å². The fraction of sp³-hybridized carbons (Fsp3) is 0.176. The first kappa shape index (κ1) is 18.2. The van der Waals surface area contributed by atoms with E-state index in [9.17, 15) is 9.18 Å². The van der Waals surface area contributed by atoms with E-state index in [1.165, 1.54) is 18.3 Å². The molecule has 2 aromatic rings. The zero-order chi connectivity index (χ0) is 17.4. The molecule has 0 unspecified atom stereocenters. The van der Waals surface area contributed by atoms with Gasteiger partial charge in [0.15, 0.2) is 6.61 Å². The Labute approximate surface area is 149 Å². The average Bonchev–Trinajstić information content (AvgIpc) is 2.57. The Bertz CT molecular complexity index is 721. The van der Waals surface area contributed by atoms with Crippen molar-refractivity contribution in [2.45, 2.75) is 6.42 Å². The van der Waals surface area contributed by atoms with Crippen molar-refractivity contribution in [3.8, 4) is 0 Å². The van der Waals surface area contributed by atoms with Crippen LogP contribution in [0, 0.1) is 5.82 Å². The van der Waals surface area contributed by atoms with Gasteiger partial charge in [0.05, 0.1) is 16.3 Å². The van der Waals surface area contributed by atoms with Crippen molar-refractivity contribution in [2.24, 2.45) is 5.16 Å². The Morgan fingerprint density at radius 2 is 1.96 bits per heavy atom. The number of hydrogen-bond acceptors (Lipinski definition) is 3. The van der Waals surface area contributed by atoms with E-state index in [0.29, 0.717) is 28.6 Å². The Morgan fingerprint density at radius 1 is 1.21 bits per heavy atom. The molecule has 2 aromatic carbocycles. The van der Waals surface area contributed by atoms with Gasteiger partial charge >= 0.3 is 0 Å². The number of carbonyl (C=O) groups excluding carboxylic acids is 1. The van der Waals surface area contributed by atoms with Gasteiger partial charge in [-0.3, -0.25) is 4.79 Å². The Kier molecular flexibility index (Phi) is 7.03. The van der Waals surface area contributed by atoms with Gasteiger partial charge in [0, 0.05) is 12.1 Å². The molecule has 1 amide bonds. The normalized spacial score (nSPS) is 10.8. The minimum atomic E-state index is -0.300. The van der Waals surface area contributed by atoms with E-state index >= 15 is 0 Å². The van der Waals surface area contributed by atoms with Crippen LogP contribution < -0.4 is 5.32 Å². The third kappa shape index (κ3) is 5.83. The molecule has 0 heterocycles. The lowest BCUT2D eigenvalue weighted by Gasteiger charge is -2.05. The molecule has 7 heteroatoms. The van der Waals surface area contributed by atoms with Crippen molar-refractivity contribution < 1.29 is 14.0 Å². The van der Waals surface area contributed by atoms with Crippen LogP contribution in [0.4, 0.5) is 4.39 Å². The van der Waals surface area contributed by atoms with Crippen LogP contribution in [0.3, 0.4) is 0 Å². The topological polar surface area (TPSA) is 50.7 Å². The highest BCUT2D eigenvalue weighted by atomic mass is 35.5. The van der Waals surface area contributed by atoms with Gasteiger partial charge in [0.2, 0.25) is 0 Å². The maximum Gasteiger partial charge on any atom is 0.260 e. The van der Waals surface area contributed by atoms with E-state index in [0.717, 1.165) is 5.56 Å². The molecule has 0 bridgehead atoms. The lowest BCUT2D eigenvalue weighted by Crippen LogP contribution is -2.28. The largest absolute Gasteiger partial charge is 0.386 e. The molecule has 126 valence electrons. The number of carbonyl (C=O) groups is 1. The monoisotopic (exact) mass is 368 g/mol. The maximum absolute atomic E-state index is 12.8. The van der Waals surface area contributed by atoms with E-state index in [4.69, 9.17) is 28.0 Å². The Hall–Kier alpha value is -2.11. The second-order valence-corrected chi connectivity index (χ2v) is 5.66. The number of oxime groups is 1. The van der Waals surface area contributed by atoms with Gasteiger partial charge in [-0.15, -0.1) is 0 Å². The molecule has 0 radical (unpaired) electrons. The van der Waals surface area contributed by atoms with Gasteiger partial charge in [0.25, 0.3) is 5.91 Å². The average molecular weight is 369 g/mol. The smallest absolute Gasteiger partial charge is 0.260 e. The van der Waals surface area contributed by atoms with Gasteiger partial charge in [0.1, 0.15) is 5.82 Å². The Morgan fingerprint density at radius 3 is 2.71 bits per heavy atom. The summed E-state index contributed by atoms with van der Waals surface area (Å²) in [4.78, 5) is 16.5. The van der Waals surface area contributed by atoms with Gasteiger partial charge in [-0.2, -0.15) is 0 Å². The van der Waals surface area contributed by atoms with Crippen molar-refractivity contribution in [2.75, 3.05) is 13.2 Å². The van der Waals surface area contributed by atoms with Crippen LogP contribution >= 0.6 is 23.2 Å². The lowest BCUT2D eigenvalue weighted by atomic mass is 10.1. The first-order valence-corrected chi connectivity index (χ1v) is 7.92. The van der Waals surface area contributed by atoms with Crippen LogP contribution in [0.15, 0.2) is 47.6 Å². The number of rotatable bonds is 7. The van der Waals surface area contributed by atoms with Crippen LogP contribution in [0.1, 0.15) is 11.1 Å².